The second-order valence-corrected chi connectivity index (χ2v) is 9.44. The monoisotopic (exact) mass is 408 g/mol. The molecule has 2 fully saturated rings. The molecule has 0 aromatic carbocycles. The summed E-state index contributed by atoms with van der Waals surface area (Å²) in [5.74, 6) is 1.67. The molecule has 0 bridgehead atoms. The second kappa shape index (κ2) is 7.67. The van der Waals surface area contributed by atoms with E-state index in [1.807, 2.05) is 4.90 Å². The number of sulfonamides is 1. The topological polar surface area (TPSA) is 110 Å². The van der Waals surface area contributed by atoms with Crippen LogP contribution in [0, 0.1) is 5.92 Å². The van der Waals surface area contributed by atoms with E-state index in [0.29, 0.717) is 56.6 Å². The van der Waals surface area contributed by atoms with Crippen LogP contribution >= 0.6 is 0 Å². The summed E-state index contributed by atoms with van der Waals surface area (Å²) in [4.78, 5) is 14.7. The molecule has 152 valence electrons. The van der Waals surface area contributed by atoms with E-state index in [2.05, 4.69) is 10.2 Å². The molecule has 2 saturated heterocycles. The highest BCUT2D eigenvalue weighted by Crippen LogP contribution is 2.31. The number of piperidine rings is 2. The van der Waals surface area contributed by atoms with Gasteiger partial charge in [0.05, 0.1) is 12.5 Å². The molecule has 28 heavy (non-hydrogen) atoms. The normalized spacial score (nSPS) is 20.5. The van der Waals surface area contributed by atoms with Crippen LogP contribution in [0.2, 0.25) is 0 Å². The van der Waals surface area contributed by atoms with E-state index in [9.17, 15) is 13.2 Å². The van der Waals surface area contributed by atoms with Crippen molar-refractivity contribution in [1.29, 1.82) is 0 Å². The third kappa shape index (κ3) is 3.97. The van der Waals surface area contributed by atoms with Crippen LogP contribution in [0.4, 0.5) is 0 Å². The predicted octanol–water partition coefficient (Wildman–Crippen LogP) is 1.71. The van der Waals surface area contributed by atoms with Gasteiger partial charge in [0.25, 0.3) is 5.89 Å². The minimum atomic E-state index is -3.17. The standard InChI is InChI=1S/C18H24N4O5S/c1-28(24,25)22-10-6-14(7-11-22)18(23)21-8-4-13(5-9-21)16-19-20-17(27-16)15-3-2-12-26-15/h2-3,12-14H,4-11H2,1H3. The van der Waals surface area contributed by atoms with Crippen molar-refractivity contribution in [2.24, 2.45) is 5.92 Å². The summed E-state index contributed by atoms with van der Waals surface area (Å²) in [5, 5.41) is 8.19. The maximum absolute atomic E-state index is 12.8. The van der Waals surface area contributed by atoms with Gasteiger partial charge in [-0.15, -0.1) is 10.2 Å². The third-order valence-corrected chi connectivity index (χ3v) is 6.90. The van der Waals surface area contributed by atoms with Gasteiger partial charge in [-0.2, -0.15) is 0 Å². The molecular weight excluding hydrogens is 384 g/mol. The van der Waals surface area contributed by atoms with Crippen LogP contribution in [-0.4, -0.2) is 66.2 Å². The summed E-state index contributed by atoms with van der Waals surface area (Å²) in [6, 6.07) is 3.54. The zero-order valence-corrected chi connectivity index (χ0v) is 16.6. The van der Waals surface area contributed by atoms with E-state index in [4.69, 9.17) is 8.83 Å². The Hall–Kier alpha value is -2.20. The van der Waals surface area contributed by atoms with Crippen molar-refractivity contribution < 1.29 is 22.0 Å². The second-order valence-electron chi connectivity index (χ2n) is 7.46. The summed E-state index contributed by atoms with van der Waals surface area (Å²) in [5.41, 5.74) is 0. The van der Waals surface area contributed by atoms with Gasteiger partial charge in [-0.3, -0.25) is 4.79 Å². The van der Waals surface area contributed by atoms with Gasteiger partial charge in [-0.1, -0.05) is 0 Å². The first-order chi connectivity index (χ1) is 13.4. The van der Waals surface area contributed by atoms with Gasteiger partial charge in [0.15, 0.2) is 5.76 Å². The number of nitrogens with zero attached hydrogens (tertiary/aromatic N) is 4. The quantitative estimate of drug-likeness (QED) is 0.757. The molecular formula is C18H24N4O5S. The molecule has 2 aliphatic heterocycles. The molecule has 0 saturated carbocycles. The van der Waals surface area contributed by atoms with Crippen molar-refractivity contribution in [3.63, 3.8) is 0 Å². The minimum Gasteiger partial charge on any atom is -0.459 e. The minimum absolute atomic E-state index is 0.0940. The van der Waals surface area contributed by atoms with E-state index in [1.54, 1.807) is 18.4 Å². The summed E-state index contributed by atoms with van der Waals surface area (Å²) in [6.07, 6.45) is 5.49. The van der Waals surface area contributed by atoms with Crippen LogP contribution in [0.1, 0.15) is 37.5 Å². The number of likely N-dealkylation sites (tertiary alicyclic amines) is 1. The number of amides is 1. The average Bonchev–Trinajstić information content (AvgIpc) is 3.38. The first-order valence-corrected chi connectivity index (χ1v) is 11.4. The van der Waals surface area contributed by atoms with Crippen molar-refractivity contribution >= 4 is 15.9 Å². The Morgan fingerprint density at radius 1 is 1.11 bits per heavy atom. The van der Waals surface area contributed by atoms with Crippen LogP contribution in [0.25, 0.3) is 11.7 Å². The fraction of sp³-hybridized carbons (Fsp3) is 0.611. The molecule has 10 heteroatoms. The van der Waals surface area contributed by atoms with E-state index in [-0.39, 0.29) is 17.7 Å². The Bertz CT molecular complexity index is 908. The van der Waals surface area contributed by atoms with Gasteiger partial charge in [0, 0.05) is 38.0 Å². The van der Waals surface area contributed by atoms with E-state index >= 15 is 0 Å². The number of furan rings is 1. The molecule has 4 rings (SSSR count). The summed E-state index contributed by atoms with van der Waals surface area (Å²) >= 11 is 0. The Kier molecular flexibility index (Phi) is 5.24. The first-order valence-electron chi connectivity index (χ1n) is 9.53. The van der Waals surface area contributed by atoms with Gasteiger partial charge in [0.1, 0.15) is 0 Å². The van der Waals surface area contributed by atoms with E-state index in [1.165, 1.54) is 10.6 Å². The van der Waals surface area contributed by atoms with Crippen molar-refractivity contribution in [1.82, 2.24) is 19.4 Å². The van der Waals surface area contributed by atoms with Crippen molar-refractivity contribution in [3.05, 3.63) is 24.3 Å². The predicted molar refractivity (Wildman–Crippen MR) is 99.7 cm³/mol. The molecule has 0 unspecified atom stereocenters. The van der Waals surface area contributed by atoms with Crippen LogP contribution in [0.3, 0.4) is 0 Å². The molecule has 0 aliphatic carbocycles. The number of rotatable bonds is 4. The lowest BCUT2D eigenvalue weighted by atomic mass is 9.92. The van der Waals surface area contributed by atoms with E-state index in [0.717, 1.165) is 12.8 Å². The lowest BCUT2D eigenvalue weighted by Crippen LogP contribution is -2.46. The third-order valence-electron chi connectivity index (χ3n) is 5.60. The van der Waals surface area contributed by atoms with Crippen LogP contribution in [0.15, 0.2) is 27.2 Å². The lowest BCUT2D eigenvalue weighted by molar-refractivity contribution is -0.137. The number of carbonyl (C=O) groups excluding carboxylic acids is 1. The maximum Gasteiger partial charge on any atom is 0.283 e. The lowest BCUT2D eigenvalue weighted by Gasteiger charge is -2.36. The fourth-order valence-corrected chi connectivity index (χ4v) is 4.81. The number of carbonyl (C=O) groups is 1. The van der Waals surface area contributed by atoms with Gasteiger partial charge in [-0.05, 0) is 37.8 Å². The van der Waals surface area contributed by atoms with Gasteiger partial charge in [-0.25, -0.2) is 12.7 Å². The molecule has 2 aliphatic rings. The maximum atomic E-state index is 12.8. The fourth-order valence-electron chi connectivity index (χ4n) is 3.94. The SMILES string of the molecule is CS(=O)(=O)N1CCC(C(=O)N2CCC(c3nnc(-c4ccco4)o3)CC2)CC1. The summed E-state index contributed by atoms with van der Waals surface area (Å²) in [6.45, 7) is 2.13. The summed E-state index contributed by atoms with van der Waals surface area (Å²) in [7, 11) is -3.17. The Morgan fingerprint density at radius 2 is 1.82 bits per heavy atom. The van der Waals surface area contributed by atoms with Crippen molar-refractivity contribution in [2.45, 2.75) is 31.6 Å². The zero-order chi connectivity index (χ0) is 19.7. The summed E-state index contributed by atoms with van der Waals surface area (Å²) < 4.78 is 35.7. The average molecular weight is 408 g/mol. The van der Waals surface area contributed by atoms with Crippen molar-refractivity contribution in [2.75, 3.05) is 32.4 Å². The molecule has 0 spiro atoms. The number of aromatic nitrogens is 2. The Morgan fingerprint density at radius 3 is 2.43 bits per heavy atom. The first kappa shape index (κ1) is 19.1. The smallest absolute Gasteiger partial charge is 0.283 e. The van der Waals surface area contributed by atoms with Crippen LogP contribution in [0.5, 0.6) is 0 Å². The zero-order valence-electron chi connectivity index (χ0n) is 15.8. The molecule has 2 aromatic rings. The van der Waals surface area contributed by atoms with Gasteiger partial charge in [0.2, 0.25) is 21.8 Å². The Balaban J connectivity index is 1.30. The number of hydrogen-bond acceptors (Lipinski definition) is 7. The van der Waals surface area contributed by atoms with Crippen molar-refractivity contribution in [3.8, 4) is 11.7 Å². The highest BCUT2D eigenvalue weighted by atomic mass is 32.2. The molecule has 0 N–H and O–H groups in total. The highest BCUT2D eigenvalue weighted by molar-refractivity contribution is 7.88. The van der Waals surface area contributed by atoms with Gasteiger partial charge < -0.3 is 13.7 Å². The largest absolute Gasteiger partial charge is 0.459 e. The molecule has 0 atom stereocenters. The number of hydrogen-bond donors (Lipinski definition) is 0. The van der Waals surface area contributed by atoms with Crippen LogP contribution < -0.4 is 0 Å². The molecule has 2 aromatic heterocycles. The molecule has 4 heterocycles. The van der Waals surface area contributed by atoms with Gasteiger partial charge >= 0.3 is 0 Å². The molecule has 1 amide bonds. The molecule has 0 radical (unpaired) electrons. The van der Waals surface area contributed by atoms with Crippen LogP contribution in [-0.2, 0) is 14.8 Å². The van der Waals surface area contributed by atoms with E-state index < -0.39 is 10.0 Å². The Labute approximate surface area is 163 Å². The highest BCUT2D eigenvalue weighted by Gasteiger charge is 2.34. The molecule has 9 nitrogen and oxygen atoms in total.